The maximum atomic E-state index is 15.1. The minimum atomic E-state index is -2.21. The first-order valence-corrected chi connectivity index (χ1v) is 11.1. The van der Waals surface area contributed by atoms with Crippen molar-refractivity contribution in [3.63, 3.8) is 0 Å². The van der Waals surface area contributed by atoms with Crippen molar-refractivity contribution < 1.29 is 35.1 Å². The standard InChI is InChI=1S/C28H20F8N2/c1-37(2)15-9-5-13(6-10-15)17-21(29)25(33)19(26(34)22(17)30)20-27(35)23(31)18(24(32)28(20)36)14-7-11-16(12-8-14)38(3)4/h5-12H,1-4H3. The number of halogens is 8. The summed E-state index contributed by atoms with van der Waals surface area (Å²) < 4.78 is 120. The molecule has 4 aromatic carbocycles. The molecule has 0 unspecified atom stereocenters. The molecule has 0 aromatic heterocycles. The highest BCUT2D eigenvalue weighted by Crippen LogP contribution is 2.42. The van der Waals surface area contributed by atoms with Gasteiger partial charge in [-0.3, -0.25) is 0 Å². The van der Waals surface area contributed by atoms with Crippen LogP contribution in [0.5, 0.6) is 0 Å². The van der Waals surface area contributed by atoms with Crippen LogP contribution in [-0.2, 0) is 0 Å². The van der Waals surface area contributed by atoms with Crippen LogP contribution in [0.2, 0.25) is 0 Å². The molecular formula is C28H20F8N2. The first-order valence-electron chi connectivity index (χ1n) is 11.1. The summed E-state index contributed by atoms with van der Waals surface area (Å²) in [5.41, 5.74) is -5.43. The van der Waals surface area contributed by atoms with E-state index in [4.69, 9.17) is 0 Å². The fourth-order valence-corrected chi connectivity index (χ4v) is 4.06. The van der Waals surface area contributed by atoms with Crippen LogP contribution in [0.3, 0.4) is 0 Å². The lowest BCUT2D eigenvalue weighted by Crippen LogP contribution is -2.10. The van der Waals surface area contributed by atoms with Crippen LogP contribution in [0.1, 0.15) is 0 Å². The van der Waals surface area contributed by atoms with Gasteiger partial charge in [0, 0.05) is 39.6 Å². The molecule has 0 N–H and O–H groups in total. The molecule has 0 atom stereocenters. The van der Waals surface area contributed by atoms with Gasteiger partial charge in [0.15, 0.2) is 46.5 Å². The molecule has 10 heteroatoms. The van der Waals surface area contributed by atoms with E-state index in [2.05, 4.69) is 0 Å². The first-order chi connectivity index (χ1) is 17.9. The zero-order valence-electron chi connectivity index (χ0n) is 20.5. The van der Waals surface area contributed by atoms with E-state index < -0.39 is 68.8 Å². The second kappa shape index (κ2) is 10.00. The molecule has 0 bridgehead atoms. The number of nitrogens with zero attached hydrogens (tertiary/aromatic N) is 2. The highest BCUT2D eigenvalue weighted by Gasteiger charge is 2.34. The summed E-state index contributed by atoms with van der Waals surface area (Å²) in [6.07, 6.45) is 0. The van der Waals surface area contributed by atoms with Crippen molar-refractivity contribution in [2.75, 3.05) is 38.0 Å². The Labute approximate surface area is 213 Å². The molecule has 0 amide bonds. The smallest absolute Gasteiger partial charge is 0.170 e. The van der Waals surface area contributed by atoms with Crippen LogP contribution in [0.4, 0.5) is 46.5 Å². The van der Waals surface area contributed by atoms with Gasteiger partial charge in [-0.2, -0.15) is 0 Å². The second-order valence-electron chi connectivity index (χ2n) is 8.89. The highest BCUT2D eigenvalue weighted by molar-refractivity contribution is 5.78. The zero-order valence-corrected chi connectivity index (χ0v) is 20.5. The third-order valence-electron chi connectivity index (χ3n) is 6.12. The van der Waals surface area contributed by atoms with Crippen molar-refractivity contribution in [2.45, 2.75) is 0 Å². The molecular weight excluding hydrogens is 516 g/mol. The van der Waals surface area contributed by atoms with Gasteiger partial charge in [0.1, 0.15) is 0 Å². The van der Waals surface area contributed by atoms with E-state index in [-0.39, 0.29) is 11.1 Å². The Kier molecular flexibility index (Phi) is 7.10. The molecule has 0 aliphatic heterocycles. The quantitative estimate of drug-likeness (QED) is 0.189. The Morgan fingerprint density at radius 1 is 0.342 bits per heavy atom. The van der Waals surface area contributed by atoms with Crippen molar-refractivity contribution in [1.29, 1.82) is 0 Å². The van der Waals surface area contributed by atoms with E-state index in [0.29, 0.717) is 11.4 Å². The Bertz CT molecular complexity index is 1350. The Hall–Kier alpha value is -4.08. The number of rotatable bonds is 5. The number of hydrogen-bond acceptors (Lipinski definition) is 2. The summed E-state index contributed by atoms with van der Waals surface area (Å²) in [4.78, 5) is 3.32. The molecule has 0 saturated carbocycles. The molecule has 0 heterocycles. The molecule has 2 nitrogen and oxygen atoms in total. The number of anilines is 2. The van der Waals surface area contributed by atoms with Crippen molar-refractivity contribution in [1.82, 2.24) is 0 Å². The van der Waals surface area contributed by atoms with Crippen LogP contribution in [0.15, 0.2) is 48.5 Å². The summed E-state index contributed by atoms with van der Waals surface area (Å²) in [7, 11) is 6.76. The van der Waals surface area contributed by atoms with Crippen LogP contribution < -0.4 is 9.80 Å². The largest absolute Gasteiger partial charge is 0.378 e. The van der Waals surface area contributed by atoms with E-state index in [1.54, 1.807) is 38.0 Å². The molecule has 4 aromatic rings. The van der Waals surface area contributed by atoms with Gasteiger partial charge in [0.25, 0.3) is 0 Å². The Balaban J connectivity index is 1.92. The van der Waals surface area contributed by atoms with Gasteiger partial charge >= 0.3 is 0 Å². The SMILES string of the molecule is CN(C)c1ccc(-c2c(F)c(F)c(-c3c(F)c(F)c(-c4ccc(N(C)C)cc4)c(F)c3F)c(F)c2F)cc1. The lowest BCUT2D eigenvalue weighted by atomic mass is 9.93. The molecule has 0 aliphatic carbocycles. The normalized spacial score (nSPS) is 11.2. The Morgan fingerprint density at radius 3 is 0.763 bits per heavy atom. The van der Waals surface area contributed by atoms with Gasteiger partial charge < -0.3 is 9.80 Å². The van der Waals surface area contributed by atoms with Gasteiger partial charge in [0.05, 0.1) is 22.3 Å². The molecule has 0 saturated heterocycles. The molecule has 198 valence electrons. The van der Waals surface area contributed by atoms with Gasteiger partial charge in [-0.05, 0) is 35.4 Å². The lowest BCUT2D eigenvalue weighted by Gasteiger charge is -2.17. The molecule has 4 rings (SSSR count). The summed E-state index contributed by atoms with van der Waals surface area (Å²) in [5, 5.41) is 0. The predicted octanol–water partition coefficient (Wildman–Crippen LogP) is 7.93. The monoisotopic (exact) mass is 536 g/mol. The topological polar surface area (TPSA) is 6.48 Å². The van der Waals surface area contributed by atoms with E-state index in [0.717, 1.165) is 0 Å². The van der Waals surface area contributed by atoms with Crippen molar-refractivity contribution in [2.24, 2.45) is 0 Å². The van der Waals surface area contributed by atoms with Crippen LogP contribution in [-0.4, -0.2) is 28.2 Å². The van der Waals surface area contributed by atoms with E-state index in [1.807, 2.05) is 0 Å². The highest BCUT2D eigenvalue weighted by atomic mass is 19.2. The van der Waals surface area contributed by atoms with E-state index in [9.17, 15) is 0 Å². The third kappa shape index (κ3) is 4.33. The minimum absolute atomic E-state index is 0.273. The zero-order chi connectivity index (χ0) is 28.0. The second-order valence-corrected chi connectivity index (χ2v) is 8.89. The Morgan fingerprint density at radius 2 is 0.553 bits per heavy atom. The summed E-state index contributed by atoms with van der Waals surface area (Å²) >= 11 is 0. The van der Waals surface area contributed by atoms with Crippen LogP contribution in [0.25, 0.3) is 33.4 Å². The number of hydrogen-bond donors (Lipinski definition) is 0. The van der Waals surface area contributed by atoms with Crippen molar-refractivity contribution >= 4 is 11.4 Å². The third-order valence-corrected chi connectivity index (χ3v) is 6.12. The van der Waals surface area contributed by atoms with Crippen molar-refractivity contribution in [3.05, 3.63) is 95.1 Å². The average molecular weight is 536 g/mol. The van der Waals surface area contributed by atoms with Gasteiger partial charge in [-0.1, -0.05) is 24.3 Å². The minimum Gasteiger partial charge on any atom is -0.378 e. The molecule has 0 fully saturated rings. The summed E-state index contributed by atoms with van der Waals surface area (Å²) in [6, 6.07) is 10.4. The molecule has 0 aliphatic rings. The van der Waals surface area contributed by atoms with Gasteiger partial charge in [-0.25, -0.2) is 35.1 Å². The average Bonchev–Trinajstić information content (AvgIpc) is 2.89. The predicted molar refractivity (Wildman–Crippen MR) is 131 cm³/mol. The molecule has 0 spiro atoms. The lowest BCUT2D eigenvalue weighted by molar-refractivity contribution is 0.446. The van der Waals surface area contributed by atoms with Crippen LogP contribution >= 0.6 is 0 Å². The summed E-state index contributed by atoms with van der Waals surface area (Å²) in [6.45, 7) is 0. The fourth-order valence-electron chi connectivity index (χ4n) is 4.06. The summed E-state index contributed by atoms with van der Waals surface area (Å²) in [5.74, 6) is -16.8. The van der Waals surface area contributed by atoms with Crippen molar-refractivity contribution in [3.8, 4) is 33.4 Å². The maximum Gasteiger partial charge on any atom is 0.170 e. The van der Waals surface area contributed by atoms with Crippen LogP contribution in [0, 0.1) is 46.5 Å². The molecule has 38 heavy (non-hydrogen) atoms. The maximum absolute atomic E-state index is 15.1. The van der Waals surface area contributed by atoms with E-state index in [1.165, 1.54) is 48.5 Å². The van der Waals surface area contributed by atoms with E-state index >= 15 is 35.1 Å². The number of benzene rings is 4. The first kappa shape index (κ1) is 27.0. The molecule has 0 radical (unpaired) electrons. The van der Waals surface area contributed by atoms with Gasteiger partial charge in [0.2, 0.25) is 0 Å². The van der Waals surface area contributed by atoms with Gasteiger partial charge in [-0.15, -0.1) is 0 Å². The fraction of sp³-hybridized carbons (Fsp3) is 0.143.